The lowest BCUT2D eigenvalue weighted by Gasteiger charge is -2.11. The number of benzene rings is 4. The van der Waals surface area contributed by atoms with Gasteiger partial charge in [-0.05, 0) is 74.0 Å². The van der Waals surface area contributed by atoms with Crippen LogP contribution < -0.4 is 20.8 Å². The van der Waals surface area contributed by atoms with E-state index in [0.717, 1.165) is 27.6 Å². The van der Waals surface area contributed by atoms with Crippen molar-refractivity contribution in [2.45, 2.75) is 13.8 Å². The fourth-order valence-electron chi connectivity index (χ4n) is 4.00. The van der Waals surface area contributed by atoms with E-state index < -0.39 is 5.91 Å². The second-order valence-electron chi connectivity index (χ2n) is 9.79. The lowest BCUT2D eigenvalue weighted by Crippen LogP contribution is -2.20. The number of amides is 2. The third kappa shape index (κ3) is 8.23. The topological polar surface area (TPSA) is 105 Å². The number of aromatic nitrogens is 1. The summed E-state index contributed by atoms with van der Waals surface area (Å²) in [5, 5.41) is 13.9. The van der Waals surface area contributed by atoms with Crippen molar-refractivity contribution in [2.24, 2.45) is 5.10 Å². The third-order valence-electron chi connectivity index (χ3n) is 6.41. The molecule has 0 bridgehead atoms. The van der Waals surface area contributed by atoms with Gasteiger partial charge in [0.25, 0.3) is 11.8 Å². The third-order valence-corrected chi connectivity index (χ3v) is 7.81. The molecule has 0 radical (unpaired) electrons. The van der Waals surface area contributed by atoms with Crippen molar-refractivity contribution in [1.29, 1.82) is 0 Å². The summed E-state index contributed by atoms with van der Waals surface area (Å²) < 4.78 is 5.70. The summed E-state index contributed by atoms with van der Waals surface area (Å²) in [6.07, 6.45) is 1.41. The summed E-state index contributed by atoms with van der Waals surface area (Å²) in [5.74, 6) is -0.391. The highest BCUT2D eigenvalue weighted by molar-refractivity contribution is 7.14. The van der Waals surface area contributed by atoms with Crippen molar-refractivity contribution < 1.29 is 14.3 Å². The van der Waals surface area contributed by atoms with Gasteiger partial charge in [0.2, 0.25) is 0 Å². The van der Waals surface area contributed by atoms with Crippen molar-refractivity contribution >= 4 is 69.1 Å². The first-order chi connectivity index (χ1) is 21.2. The molecule has 1 heterocycles. The molecule has 5 aromatic rings. The number of nitrogens with zero attached hydrogens (tertiary/aromatic N) is 2. The molecule has 11 heteroatoms. The molecule has 0 saturated carbocycles. The molecule has 0 unspecified atom stereocenters. The minimum Gasteiger partial charge on any atom is -0.483 e. The number of aryl methyl sites for hydroxylation is 2. The molecule has 3 N–H and O–H groups in total. The second kappa shape index (κ2) is 14.2. The molecule has 2 amide bonds. The normalized spacial score (nSPS) is 10.9. The Hall–Kier alpha value is -4.70. The summed E-state index contributed by atoms with van der Waals surface area (Å²) in [7, 11) is 0. The van der Waals surface area contributed by atoms with E-state index in [4.69, 9.17) is 27.9 Å². The Morgan fingerprint density at radius 1 is 0.932 bits per heavy atom. The Morgan fingerprint density at radius 2 is 1.68 bits per heavy atom. The molecule has 0 spiro atoms. The van der Waals surface area contributed by atoms with Gasteiger partial charge < -0.3 is 15.4 Å². The number of carbonyl (C=O) groups is 2. The van der Waals surface area contributed by atoms with E-state index in [9.17, 15) is 9.59 Å². The summed E-state index contributed by atoms with van der Waals surface area (Å²) in [6, 6.07) is 25.3. The van der Waals surface area contributed by atoms with Gasteiger partial charge >= 0.3 is 0 Å². The number of hydrogen-bond acceptors (Lipinski definition) is 7. The fraction of sp³-hybridized carbons (Fsp3) is 0.0909. The number of thiazole rings is 1. The van der Waals surface area contributed by atoms with E-state index in [1.54, 1.807) is 42.5 Å². The van der Waals surface area contributed by atoms with E-state index in [0.29, 0.717) is 32.6 Å². The largest absolute Gasteiger partial charge is 0.483 e. The van der Waals surface area contributed by atoms with Crippen LogP contribution in [-0.2, 0) is 4.79 Å². The van der Waals surface area contributed by atoms with Crippen molar-refractivity contribution in [3.63, 3.8) is 0 Å². The molecule has 0 saturated heterocycles. The Balaban J connectivity index is 1.16. The van der Waals surface area contributed by atoms with E-state index in [2.05, 4.69) is 26.1 Å². The molecule has 222 valence electrons. The second-order valence-corrected chi connectivity index (χ2v) is 11.5. The maximum Gasteiger partial charge on any atom is 0.271 e. The number of rotatable bonds is 10. The van der Waals surface area contributed by atoms with Gasteiger partial charge in [0.15, 0.2) is 11.7 Å². The van der Waals surface area contributed by atoms with Crippen LogP contribution in [0.1, 0.15) is 27.0 Å². The lowest BCUT2D eigenvalue weighted by atomic mass is 10.1. The number of anilines is 3. The number of halogens is 2. The van der Waals surface area contributed by atoms with Crippen molar-refractivity contribution in [3.8, 4) is 17.0 Å². The first kappa shape index (κ1) is 30.7. The van der Waals surface area contributed by atoms with Gasteiger partial charge in [-0.3, -0.25) is 9.59 Å². The Kier molecular flexibility index (Phi) is 9.91. The number of carbonyl (C=O) groups excluding carboxylic acids is 2. The van der Waals surface area contributed by atoms with E-state index in [1.165, 1.54) is 23.1 Å². The van der Waals surface area contributed by atoms with Crippen LogP contribution in [0.5, 0.6) is 5.75 Å². The van der Waals surface area contributed by atoms with Crippen LogP contribution in [-0.4, -0.2) is 29.6 Å². The fourth-order valence-corrected chi connectivity index (χ4v) is 5.11. The van der Waals surface area contributed by atoms with E-state index >= 15 is 0 Å². The van der Waals surface area contributed by atoms with Gasteiger partial charge in [-0.2, -0.15) is 5.10 Å². The SMILES string of the molecule is Cc1ccc(Nc2nc(-c3ccc(C(=O)N/N=C/c4cc(Cl)ccc4OCC(=O)Nc4ccc(C)c(Cl)c4)cc3)cs2)cc1. The van der Waals surface area contributed by atoms with Crippen LogP contribution in [0.4, 0.5) is 16.5 Å². The van der Waals surface area contributed by atoms with Crippen molar-refractivity contribution in [2.75, 3.05) is 17.2 Å². The maximum atomic E-state index is 12.7. The number of hydrazone groups is 1. The maximum absolute atomic E-state index is 12.7. The van der Waals surface area contributed by atoms with Crippen LogP contribution >= 0.6 is 34.5 Å². The average Bonchev–Trinajstić information content (AvgIpc) is 3.48. The monoisotopic (exact) mass is 643 g/mol. The minimum atomic E-state index is -0.395. The Morgan fingerprint density at radius 3 is 2.43 bits per heavy atom. The molecule has 5 rings (SSSR count). The lowest BCUT2D eigenvalue weighted by molar-refractivity contribution is -0.118. The van der Waals surface area contributed by atoms with E-state index in [1.807, 2.05) is 61.7 Å². The van der Waals surface area contributed by atoms with Crippen LogP contribution in [0.2, 0.25) is 10.0 Å². The zero-order chi connectivity index (χ0) is 31.1. The summed E-state index contributed by atoms with van der Waals surface area (Å²) in [5.41, 5.74) is 8.74. The first-order valence-corrected chi connectivity index (χ1v) is 15.1. The van der Waals surface area contributed by atoms with Gasteiger partial charge in [0, 0.05) is 43.5 Å². The summed E-state index contributed by atoms with van der Waals surface area (Å²) in [6.45, 7) is 3.67. The van der Waals surface area contributed by atoms with Gasteiger partial charge in [0.05, 0.1) is 11.9 Å². The minimum absolute atomic E-state index is 0.255. The highest BCUT2D eigenvalue weighted by Gasteiger charge is 2.11. The van der Waals surface area contributed by atoms with Crippen LogP contribution in [0.25, 0.3) is 11.3 Å². The smallest absolute Gasteiger partial charge is 0.271 e. The van der Waals surface area contributed by atoms with Crippen LogP contribution in [0, 0.1) is 13.8 Å². The molecule has 0 aliphatic heterocycles. The van der Waals surface area contributed by atoms with Crippen molar-refractivity contribution in [1.82, 2.24) is 10.4 Å². The quantitative estimate of drug-likeness (QED) is 0.105. The van der Waals surface area contributed by atoms with Gasteiger partial charge in [0.1, 0.15) is 5.75 Å². The molecular formula is C33H27Cl2N5O3S. The number of ether oxygens (including phenoxy) is 1. The molecule has 0 atom stereocenters. The Bertz CT molecular complexity index is 1820. The summed E-state index contributed by atoms with van der Waals surface area (Å²) in [4.78, 5) is 29.8. The highest BCUT2D eigenvalue weighted by atomic mass is 35.5. The average molecular weight is 645 g/mol. The van der Waals surface area contributed by atoms with Crippen molar-refractivity contribution in [3.05, 3.63) is 123 Å². The molecule has 8 nitrogen and oxygen atoms in total. The predicted molar refractivity (Wildman–Crippen MR) is 179 cm³/mol. The molecule has 4 aromatic carbocycles. The van der Waals surface area contributed by atoms with E-state index in [-0.39, 0.29) is 12.5 Å². The summed E-state index contributed by atoms with van der Waals surface area (Å²) >= 11 is 13.8. The van der Waals surface area contributed by atoms with Crippen LogP contribution in [0.15, 0.2) is 95.4 Å². The van der Waals surface area contributed by atoms with Gasteiger partial charge in [-0.1, -0.05) is 59.1 Å². The van der Waals surface area contributed by atoms with Gasteiger partial charge in [-0.25, -0.2) is 10.4 Å². The number of nitrogens with one attached hydrogen (secondary N) is 3. The molecule has 1 aromatic heterocycles. The number of hydrogen-bond donors (Lipinski definition) is 3. The first-order valence-electron chi connectivity index (χ1n) is 13.4. The Labute approximate surface area is 268 Å². The van der Waals surface area contributed by atoms with Crippen LogP contribution in [0.3, 0.4) is 0 Å². The standard InChI is InChI=1S/C33H27Cl2N5O3S/c1-20-3-11-26(12-4-20)38-33-39-29(19-44-33)22-6-8-23(9-7-22)32(42)40-36-17-24-15-25(34)10-14-30(24)43-18-31(41)37-27-13-5-21(2)28(35)16-27/h3-17,19H,18H2,1-2H3,(H,37,41)(H,38,39)(H,40,42)/b36-17+. The predicted octanol–water partition coefficient (Wildman–Crippen LogP) is 8.26. The molecule has 0 fully saturated rings. The molecule has 44 heavy (non-hydrogen) atoms. The zero-order valence-electron chi connectivity index (χ0n) is 23.7. The zero-order valence-corrected chi connectivity index (χ0v) is 26.1. The molecule has 0 aliphatic rings. The highest BCUT2D eigenvalue weighted by Crippen LogP contribution is 2.28. The molecular weight excluding hydrogens is 617 g/mol. The van der Waals surface area contributed by atoms with Gasteiger partial charge in [-0.15, -0.1) is 11.3 Å². The molecule has 0 aliphatic carbocycles.